The molecule has 1 aliphatic heterocycles. The molecular weight excluding hydrogens is 290 g/mol. The summed E-state index contributed by atoms with van der Waals surface area (Å²) < 4.78 is 1.07. The van der Waals surface area contributed by atoms with Crippen molar-refractivity contribution in [2.75, 3.05) is 26.2 Å². The van der Waals surface area contributed by atoms with E-state index in [-0.39, 0.29) is 0 Å². The number of likely N-dealkylation sites (N-methyl/N-ethyl adjacent to an activating group) is 1. The highest BCUT2D eigenvalue weighted by Crippen LogP contribution is 2.18. The summed E-state index contributed by atoms with van der Waals surface area (Å²) in [5, 5.41) is 0. The van der Waals surface area contributed by atoms with Crippen molar-refractivity contribution in [2.45, 2.75) is 32.9 Å². The van der Waals surface area contributed by atoms with Crippen LogP contribution in [0.1, 0.15) is 25.8 Å². The van der Waals surface area contributed by atoms with E-state index in [1.165, 1.54) is 25.1 Å². The lowest BCUT2D eigenvalue weighted by molar-refractivity contribution is 0.209. The van der Waals surface area contributed by atoms with E-state index in [0.29, 0.717) is 0 Å². The van der Waals surface area contributed by atoms with Gasteiger partial charge in [0.2, 0.25) is 0 Å². The van der Waals surface area contributed by atoms with E-state index in [0.717, 1.165) is 30.1 Å². The second kappa shape index (κ2) is 6.64. The van der Waals surface area contributed by atoms with E-state index in [9.17, 15) is 0 Å². The van der Waals surface area contributed by atoms with Crippen molar-refractivity contribution in [1.29, 1.82) is 0 Å². The minimum atomic E-state index is 0.736. The minimum Gasteiger partial charge on any atom is -0.300 e. The highest BCUT2D eigenvalue weighted by atomic mass is 79.9. The lowest BCUT2D eigenvalue weighted by Gasteiger charge is -2.26. The van der Waals surface area contributed by atoms with Crippen LogP contribution in [0.4, 0.5) is 0 Å². The van der Waals surface area contributed by atoms with Gasteiger partial charge in [-0.25, -0.2) is 0 Å². The fraction of sp³-hybridized carbons (Fsp3) is 0.643. The van der Waals surface area contributed by atoms with Gasteiger partial charge in [-0.2, -0.15) is 0 Å². The third kappa shape index (κ3) is 3.53. The summed E-state index contributed by atoms with van der Waals surface area (Å²) >= 11 is 3.48. The first-order valence-corrected chi connectivity index (χ1v) is 7.58. The fourth-order valence-electron chi connectivity index (χ4n) is 2.79. The quantitative estimate of drug-likeness (QED) is 0.833. The Hall–Kier alpha value is -0.450. The largest absolute Gasteiger partial charge is 0.300 e. The van der Waals surface area contributed by atoms with Crippen LogP contribution in [0, 0.1) is 0 Å². The van der Waals surface area contributed by atoms with E-state index in [2.05, 4.69) is 50.6 Å². The first-order chi connectivity index (χ1) is 8.72. The molecule has 1 aromatic rings. The maximum absolute atomic E-state index is 4.23. The molecule has 18 heavy (non-hydrogen) atoms. The Labute approximate surface area is 118 Å². The molecule has 0 amide bonds. The smallest absolute Gasteiger partial charge is 0.0410 e. The van der Waals surface area contributed by atoms with Crippen LogP contribution in [0.5, 0.6) is 0 Å². The van der Waals surface area contributed by atoms with E-state index >= 15 is 0 Å². The van der Waals surface area contributed by atoms with Gasteiger partial charge < -0.3 is 0 Å². The van der Waals surface area contributed by atoms with Crippen molar-refractivity contribution in [1.82, 2.24) is 14.8 Å². The molecule has 0 bridgehead atoms. The Kier molecular flexibility index (Phi) is 5.15. The molecule has 0 N–H and O–H groups in total. The third-order valence-electron chi connectivity index (χ3n) is 3.74. The van der Waals surface area contributed by atoms with Gasteiger partial charge in [0.1, 0.15) is 0 Å². The normalized spacial score (nSPS) is 20.8. The van der Waals surface area contributed by atoms with Gasteiger partial charge in [0.15, 0.2) is 0 Å². The molecule has 1 aromatic heterocycles. The Bertz CT molecular complexity index is 379. The summed E-state index contributed by atoms with van der Waals surface area (Å²) in [6, 6.07) is 2.90. The van der Waals surface area contributed by atoms with Gasteiger partial charge in [-0.05, 0) is 47.1 Å². The maximum atomic E-state index is 4.23. The zero-order chi connectivity index (χ0) is 13.0. The number of pyridine rings is 1. The molecule has 1 aliphatic rings. The van der Waals surface area contributed by atoms with Crippen molar-refractivity contribution in [2.24, 2.45) is 0 Å². The van der Waals surface area contributed by atoms with E-state index in [1.54, 1.807) is 0 Å². The van der Waals surface area contributed by atoms with Crippen molar-refractivity contribution in [3.05, 3.63) is 28.5 Å². The standard InChI is InChI=1S/C14H22BrN3/c1-3-18(4-2)14-5-6-17(11-14)10-12-7-13(15)9-16-8-12/h7-9,14H,3-6,10-11H2,1-2H3. The highest BCUT2D eigenvalue weighted by molar-refractivity contribution is 9.10. The molecular formula is C14H22BrN3. The van der Waals surface area contributed by atoms with Gasteiger partial charge >= 0.3 is 0 Å². The molecule has 3 nitrogen and oxygen atoms in total. The van der Waals surface area contributed by atoms with Gasteiger partial charge in [-0.1, -0.05) is 13.8 Å². The van der Waals surface area contributed by atoms with Crippen LogP contribution in [0.2, 0.25) is 0 Å². The lowest BCUT2D eigenvalue weighted by atomic mass is 10.2. The molecule has 2 heterocycles. The molecule has 4 heteroatoms. The fourth-order valence-corrected chi connectivity index (χ4v) is 3.21. The molecule has 1 atom stereocenters. The summed E-state index contributed by atoms with van der Waals surface area (Å²) in [5.74, 6) is 0. The topological polar surface area (TPSA) is 19.4 Å². The van der Waals surface area contributed by atoms with E-state index < -0.39 is 0 Å². The molecule has 0 radical (unpaired) electrons. The van der Waals surface area contributed by atoms with Crippen LogP contribution < -0.4 is 0 Å². The number of hydrogen-bond acceptors (Lipinski definition) is 3. The number of likely N-dealkylation sites (tertiary alicyclic amines) is 1. The summed E-state index contributed by atoms with van der Waals surface area (Å²) in [5.41, 5.74) is 1.30. The van der Waals surface area contributed by atoms with Crippen molar-refractivity contribution in [3.63, 3.8) is 0 Å². The molecule has 100 valence electrons. The van der Waals surface area contributed by atoms with Gasteiger partial charge in [0.05, 0.1) is 0 Å². The van der Waals surface area contributed by atoms with Gasteiger partial charge in [0, 0.05) is 42.5 Å². The summed E-state index contributed by atoms with van der Waals surface area (Å²) in [7, 11) is 0. The molecule has 0 spiro atoms. The Morgan fingerprint density at radius 3 is 2.83 bits per heavy atom. The first-order valence-electron chi connectivity index (χ1n) is 6.78. The zero-order valence-corrected chi connectivity index (χ0v) is 12.9. The molecule has 1 saturated heterocycles. The third-order valence-corrected chi connectivity index (χ3v) is 4.18. The molecule has 0 aliphatic carbocycles. The molecule has 1 unspecified atom stereocenters. The molecule has 0 saturated carbocycles. The minimum absolute atomic E-state index is 0.736. The van der Waals surface area contributed by atoms with Crippen molar-refractivity contribution < 1.29 is 0 Å². The first kappa shape index (κ1) is 14.0. The number of rotatable bonds is 5. The Morgan fingerprint density at radius 2 is 2.17 bits per heavy atom. The zero-order valence-electron chi connectivity index (χ0n) is 11.3. The second-order valence-corrected chi connectivity index (χ2v) is 5.83. The van der Waals surface area contributed by atoms with E-state index in [4.69, 9.17) is 0 Å². The summed E-state index contributed by atoms with van der Waals surface area (Å²) in [4.78, 5) is 9.33. The van der Waals surface area contributed by atoms with Gasteiger partial charge in [0.25, 0.3) is 0 Å². The maximum Gasteiger partial charge on any atom is 0.0410 e. The van der Waals surface area contributed by atoms with Gasteiger partial charge in [-0.15, -0.1) is 0 Å². The van der Waals surface area contributed by atoms with Crippen LogP contribution in [-0.2, 0) is 6.54 Å². The molecule has 1 fully saturated rings. The van der Waals surface area contributed by atoms with Crippen LogP contribution in [0.15, 0.2) is 22.9 Å². The average molecular weight is 312 g/mol. The van der Waals surface area contributed by atoms with Crippen molar-refractivity contribution in [3.8, 4) is 0 Å². The van der Waals surface area contributed by atoms with E-state index in [1.807, 2.05) is 12.4 Å². The predicted octanol–water partition coefficient (Wildman–Crippen LogP) is 2.76. The number of nitrogens with zero attached hydrogens (tertiary/aromatic N) is 3. The van der Waals surface area contributed by atoms with Crippen LogP contribution >= 0.6 is 15.9 Å². The predicted molar refractivity (Wildman–Crippen MR) is 78.5 cm³/mol. The second-order valence-electron chi connectivity index (χ2n) is 4.91. The average Bonchev–Trinajstić information content (AvgIpc) is 2.79. The number of halogens is 1. The Morgan fingerprint density at radius 1 is 1.39 bits per heavy atom. The summed E-state index contributed by atoms with van der Waals surface area (Å²) in [6.07, 6.45) is 5.10. The monoisotopic (exact) mass is 311 g/mol. The van der Waals surface area contributed by atoms with Crippen LogP contribution in [0.3, 0.4) is 0 Å². The SMILES string of the molecule is CCN(CC)C1CCN(Cc2cncc(Br)c2)C1. The highest BCUT2D eigenvalue weighted by Gasteiger charge is 2.25. The van der Waals surface area contributed by atoms with Crippen LogP contribution in [-0.4, -0.2) is 47.0 Å². The lowest BCUT2D eigenvalue weighted by Crippen LogP contribution is -2.37. The number of aromatic nitrogens is 1. The number of hydrogen-bond donors (Lipinski definition) is 0. The summed E-state index contributed by atoms with van der Waals surface area (Å²) in [6.45, 7) is 10.2. The van der Waals surface area contributed by atoms with Gasteiger partial charge in [-0.3, -0.25) is 14.8 Å². The molecule has 0 aromatic carbocycles. The van der Waals surface area contributed by atoms with Crippen molar-refractivity contribution >= 4 is 15.9 Å². The van der Waals surface area contributed by atoms with Crippen LogP contribution in [0.25, 0.3) is 0 Å². The molecule has 2 rings (SSSR count). The Balaban J connectivity index is 1.89.